The van der Waals surface area contributed by atoms with Gasteiger partial charge >= 0.3 is 12.1 Å². The SMILES string of the molecule is CC(C)(C)OC(=O)N1CCC(O)CC1.CCOC(=O)C1CCCCC1. The molecule has 1 amide bonds. The van der Waals surface area contributed by atoms with Crippen LogP contribution in [0.2, 0.25) is 0 Å². The monoisotopic (exact) mass is 357 g/mol. The molecule has 0 aromatic rings. The predicted molar refractivity (Wildman–Crippen MR) is 96.3 cm³/mol. The third kappa shape index (κ3) is 9.10. The number of amides is 1. The number of hydrogen-bond donors (Lipinski definition) is 1. The molecule has 2 fully saturated rings. The van der Waals surface area contributed by atoms with Crippen molar-refractivity contribution < 1.29 is 24.2 Å². The second kappa shape index (κ2) is 10.6. The summed E-state index contributed by atoms with van der Waals surface area (Å²) in [5, 5.41) is 9.26. The number of piperidine rings is 1. The van der Waals surface area contributed by atoms with E-state index in [1.165, 1.54) is 19.3 Å². The molecule has 2 aliphatic rings. The highest BCUT2D eigenvalue weighted by molar-refractivity contribution is 5.72. The highest BCUT2D eigenvalue weighted by Gasteiger charge is 2.25. The minimum atomic E-state index is -0.437. The summed E-state index contributed by atoms with van der Waals surface area (Å²) in [7, 11) is 0. The van der Waals surface area contributed by atoms with Gasteiger partial charge in [-0.15, -0.1) is 0 Å². The van der Waals surface area contributed by atoms with Crippen LogP contribution in [0.25, 0.3) is 0 Å². The van der Waals surface area contributed by atoms with E-state index in [1.54, 1.807) is 4.90 Å². The van der Waals surface area contributed by atoms with Gasteiger partial charge in [0.15, 0.2) is 0 Å². The van der Waals surface area contributed by atoms with Crippen molar-refractivity contribution >= 4 is 12.1 Å². The molecule has 0 unspecified atom stereocenters. The standard InChI is InChI=1S/C10H19NO3.C9H16O2/c1-10(2,3)14-9(13)11-6-4-8(12)5-7-11;1-2-11-9(10)8-6-4-3-5-7-8/h8,12H,4-7H2,1-3H3;8H,2-7H2,1H3. The Morgan fingerprint density at radius 3 is 2.08 bits per heavy atom. The maximum Gasteiger partial charge on any atom is 0.410 e. The third-order valence-electron chi connectivity index (χ3n) is 4.34. The molecule has 1 aliphatic heterocycles. The van der Waals surface area contributed by atoms with E-state index in [2.05, 4.69) is 0 Å². The lowest BCUT2D eigenvalue weighted by Crippen LogP contribution is -2.42. The molecule has 1 saturated heterocycles. The van der Waals surface area contributed by atoms with Crippen LogP contribution in [-0.2, 0) is 14.3 Å². The van der Waals surface area contributed by atoms with Gasteiger partial charge in [0.05, 0.1) is 18.6 Å². The van der Waals surface area contributed by atoms with Crippen molar-refractivity contribution in [2.24, 2.45) is 5.92 Å². The van der Waals surface area contributed by atoms with E-state index in [9.17, 15) is 14.7 Å². The zero-order valence-corrected chi connectivity index (χ0v) is 16.3. The Balaban J connectivity index is 0.000000257. The Morgan fingerprint density at radius 1 is 1.04 bits per heavy atom. The van der Waals surface area contributed by atoms with E-state index < -0.39 is 5.60 Å². The topological polar surface area (TPSA) is 76.1 Å². The largest absolute Gasteiger partial charge is 0.466 e. The van der Waals surface area contributed by atoms with Crippen molar-refractivity contribution in [1.29, 1.82) is 0 Å². The second-order valence-electron chi connectivity index (χ2n) is 7.79. The molecule has 6 heteroatoms. The molecule has 0 radical (unpaired) electrons. The maximum absolute atomic E-state index is 11.5. The number of aliphatic hydroxyl groups excluding tert-OH is 1. The van der Waals surface area contributed by atoms with Crippen molar-refractivity contribution in [2.45, 2.75) is 84.3 Å². The first-order valence-corrected chi connectivity index (χ1v) is 9.55. The Kier molecular flexibility index (Phi) is 9.25. The van der Waals surface area contributed by atoms with Crippen LogP contribution >= 0.6 is 0 Å². The molecule has 6 nitrogen and oxygen atoms in total. The van der Waals surface area contributed by atoms with E-state index in [1.807, 2.05) is 27.7 Å². The Hall–Kier alpha value is -1.30. The highest BCUT2D eigenvalue weighted by Crippen LogP contribution is 2.24. The molecule has 0 atom stereocenters. The van der Waals surface area contributed by atoms with Gasteiger partial charge in [-0.25, -0.2) is 4.79 Å². The van der Waals surface area contributed by atoms with E-state index >= 15 is 0 Å². The van der Waals surface area contributed by atoms with Crippen molar-refractivity contribution in [3.63, 3.8) is 0 Å². The quantitative estimate of drug-likeness (QED) is 0.765. The Labute approximate surface area is 151 Å². The molecule has 146 valence electrons. The minimum Gasteiger partial charge on any atom is -0.466 e. The van der Waals surface area contributed by atoms with Gasteiger partial charge in [0.2, 0.25) is 0 Å². The van der Waals surface area contributed by atoms with E-state index in [4.69, 9.17) is 9.47 Å². The number of aliphatic hydroxyl groups is 1. The normalized spacial score (nSPS) is 19.6. The number of rotatable bonds is 2. The lowest BCUT2D eigenvalue weighted by Gasteiger charge is -2.31. The Bertz CT molecular complexity index is 405. The summed E-state index contributed by atoms with van der Waals surface area (Å²) in [6, 6.07) is 0. The molecule has 1 aliphatic carbocycles. The zero-order valence-electron chi connectivity index (χ0n) is 16.3. The second-order valence-corrected chi connectivity index (χ2v) is 7.79. The van der Waals surface area contributed by atoms with Gasteiger partial charge < -0.3 is 19.5 Å². The Morgan fingerprint density at radius 2 is 1.60 bits per heavy atom. The first kappa shape index (κ1) is 21.7. The molecule has 0 bridgehead atoms. The van der Waals surface area contributed by atoms with Gasteiger partial charge in [0.25, 0.3) is 0 Å². The van der Waals surface area contributed by atoms with Crippen LogP contribution in [0.1, 0.15) is 72.6 Å². The van der Waals surface area contributed by atoms with Crippen LogP contribution < -0.4 is 0 Å². The molecule has 2 rings (SSSR count). The molecule has 1 N–H and O–H groups in total. The number of hydrogen-bond acceptors (Lipinski definition) is 5. The zero-order chi connectivity index (χ0) is 18.9. The van der Waals surface area contributed by atoms with E-state index in [0.29, 0.717) is 32.5 Å². The maximum atomic E-state index is 11.5. The number of esters is 1. The van der Waals surface area contributed by atoms with Crippen LogP contribution in [0, 0.1) is 5.92 Å². The molecule has 0 aromatic carbocycles. The fourth-order valence-corrected chi connectivity index (χ4v) is 2.97. The highest BCUT2D eigenvalue weighted by atomic mass is 16.6. The summed E-state index contributed by atoms with van der Waals surface area (Å²) in [4.78, 5) is 24.4. The van der Waals surface area contributed by atoms with Gasteiger partial charge in [0, 0.05) is 13.1 Å². The van der Waals surface area contributed by atoms with Crippen molar-refractivity contribution in [2.75, 3.05) is 19.7 Å². The number of carbonyl (C=O) groups excluding carboxylic acids is 2. The fourth-order valence-electron chi connectivity index (χ4n) is 2.97. The number of nitrogens with zero attached hydrogens (tertiary/aromatic N) is 1. The van der Waals surface area contributed by atoms with E-state index in [-0.39, 0.29) is 24.1 Å². The van der Waals surface area contributed by atoms with Crippen molar-refractivity contribution in [3.8, 4) is 0 Å². The average molecular weight is 357 g/mol. The average Bonchev–Trinajstić information content (AvgIpc) is 2.55. The molecule has 0 aromatic heterocycles. The van der Waals surface area contributed by atoms with Crippen LogP contribution in [0.4, 0.5) is 4.79 Å². The van der Waals surface area contributed by atoms with Crippen molar-refractivity contribution in [3.05, 3.63) is 0 Å². The van der Waals surface area contributed by atoms with Gasteiger partial charge in [-0.1, -0.05) is 19.3 Å². The van der Waals surface area contributed by atoms with Gasteiger partial charge in [-0.05, 0) is 53.4 Å². The number of likely N-dealkylation sites (tertiary alicyclic amines) is 1. The lowest BCUT2D eigenvalue weighted by atomic mass is 9.89. The van der Waals surface area contributed by atoms with Crippen LogP contribution in [-0.4, -0.2) is 53.5 Å². The van der Waals surface area contributed by atoms with Crippen LogP contribution in [0.3, 0.4) is 0 Å². The summed E-state index contributed by atoms with van der Waals surface area (Å²) < 4.78 is 10.2. The molecule has 25 heavy (non-hydrogen) atoms. The summed E-state index contributed by atoms with van der Waals surface area (Å²) in [6.07, 6.45) is 6.54. The lowest BCUT2D eigenvalue weighted by molar-refractivity contribution is -0.149. The van der Waals surface area contributed by atoms with Crippen LogP contribution in [0.15, 0.2) is 0 Å². The van der Waals surface area contributed by atoms with Gasteiger partial charge in [0.1, 0.15) is 5.60 Å². The predicted octanol–water partition coefficient (Wildman–Crippen LogP) is 3.51. The summed E-state index contributed by atoms with van der Waals surface area (Å²) in [6.45, 7) is 9.12. The summed E-state index contributed by atoms with van der Waals surface area (Å²) in [5.41, 5.74) is -0.437. The van der Waals surface area contributed by atoms with Crippen molar-refractivity contribution in [1.82, 2.24) is 4.90 Å². The van der Waals surface area contributed by atoms with Gasteiger partial charge in [-0.2, -0.15) is 0 Å². The molecule has 1 heterocycles. The number of ether oxygens (including phenoxy) is 2. The summed E-state index contributed by atoms with van der Waals surface area (Å²) >= 11 is 0. The minimum absolute atomic E-state index is 0.0206. The fraction of sp³-hybridized carbons (Fsp3) is 0.895. The first-order chi connectivity index (χ1) is 11.7. The smallest absolute Gasteiger partial charge is 0.410 e. The van der Waals surface area contributed by atoms with Crippen LogP contribution in [0.5, 0.6) is 0 Å². The van der Waals surface area contributed by atoms with Gasteiger partial charge in [-0.3, -0.25) is 4.79 Å². The first-order valence-electron chi connectivity index (χ1n) is 9.55. The molecule has 1 saturated carbocycles. The molecular formula is C19H35NO5. The third-order valence-corrected chi connectivity index (χ3v) is 4.34. The summed E-state index contributed by atoms with van der Waals surface area (Å²) in [5.74, 6) is 0.232. The van der Waals surface area contributed by atoms with E-state index in [0.717, 1.165) is 12.8 Å². The molecule has 0 spiro atoms. The number of carbonyl (C=O) groups is 2. The molecular weight excluding hydrogens is 322 g/mol.